The Labute approximate surface area is 194 Å². The van der Waals surface area contributed by atoms with Crippen molar-refractivity contribution in [2.45, 2.75) is 91.9 Å². The average molecular weight is 437 g/mol. The van der Waals surface area contributed by atoms with Crippen molar-refractivity contribution < 1.29 is 15.0 Å². The first kappa shape index (κ1) is 25.7. The highest BCUT2D eigenvalue weighted by molar-refractivity contribution is 6.15. The SMILES string of the molecule is C=C(C(=O)O)c1c(C(C)c2cc(CC)cc(C(C)(C)C)c2O)cc(CC)cc1C(C)(C)C. The molecule has 2 rings (SSSR count). The third kappa shape index (κ3) is 5.09. The monoisotopic (exact) mass is 436 g/mol. The van der Waals surface area contributed by atoms with Crippen LogP contribution in [-0.4, -0.2) is 16.2 Å². The largest absolute Gasteiger partial charge is 0.507 e. The van der Waals surface area contributed by atoms with Gasteiger partial charge in [0.1, 0.15) is 5.75 Å². The molecule has 0 heterocycles. The maximum atomic E-state index is 12.0. The van der Waals surface area contributed by atoms with Gasteiger partial charge < -0.3 is 10.2 Å². The van der Waals surface area contributed by atoms with Crippen molar-refractivity contribution in [3.05, 3.63) is 69.8 Å². The van der Waals surface area contributed by atoms with Crippen molar-refractivity contribution in [2.24, 2.45) is 0 Å². The standard InChI is InChI=1S/C29H40O3/c1-11-19-13-21(25(18(4)27(31)32)23(15-19)28(5,6)7)17(3)22-14-20(12-2)16-24(26(22)30)29(8,9)10/h13-17,30H,4,11-12H2,1-3,5-10H3,(H,31,32). The molecule has 0 saturated carbocycles. The van der Waals surface area contributed by atoms with Gasteiger partial charge in [0.2, 0.25) is 0 Å². The van der Waals surface area contributed by atoms with Gasteiger partial charge in [0, 0.05) is 11.5 Å². The van der Waals surface area contributed by atoms with E-state index in [1.165, 1.54) is 0 Å². The van der Waals surface area contributed by atoms with E-state index in [2.05, 4.69) is 93.2 Å². The summed E-state index contributed by atoms with van der Waals surface area (Å²) in [5.74, 6) is -0.912. The van der Waals surface area contributed by atoms with E-state index in [1.54, 1.807) is 0 Å². The zero-order valence-corrected chi connectivity index (χ0v) is 21.3. The number of benzene rings is 2. The molecule has 0 aliphatic rings. The van der Waals surface area contributed by atoms with Gasteiger partial charge in [-0.3, -0.25) is 0 Å². The molecule has 3 heteroatoms. The fourth-order valence-corrected chi connectivity index (χ4v) is 4.30. The minimum Gasteiger partial charge on any atom is -0.507 e. The molecule has 1 atom stereocenters. The van der Waals surface area contributed by atoms with Gasteiger partial charge in [-0.2, -0.15) is 0 Å². The summed E-state index contributed by atoms with van der Waals surface area (Å²) >= 11 is 0. The van der Waals surface area contributed by atoms with Crippen LogP contribution in [0.2, 0.25) is 0 Å². The maximum Gasteiger partial charge on any atom is 0.335 e. The van der Waals surface area contributed by atoms with E-state index in [1.807, 2.05) is 0 Å². The van der Waals surface area contributed by atoms with Crippen LogP contribution in [0.3, 0.4) is 0 Å². The van der Waals surface area contributed by atoms with Crippen LogP contribution in [0.15, 0.2) is 30.8 Å². The normalized spacial score (nSPS) is 13.2. The first-order valence-corrected chi connectivity index (χ1v) is 11.6. The number of carboxylic acids is 1. The number of rotatable bonds is 6. The molecule has 174 valence electrons. The molecule has 0 amide bonds. The zero-order chi connectivity index (χ0) is 24.6. The van der Waals surface area contributed by atoms with Gasteiger partial charge in [-0.15, -0.1) is 0 Å². The molecule has 0 aliphatic heterocycles. The summed E-state index contributed by atoms with van der Waals surface area (Å²) in [5.41, 5.74) is 6.28. The Morgan fingerprint density at radius 1 is 0.875 bits per heavy atom. The van der Waals surface area contributed by atoms with E-state index in [9.17, 15) is 15.0 Å². The minimum absolute atomic E-state index is 0.0987. The summed E-state index contributed by atoms with van der Waals surface area (Å²) in [5, 5.41) is 21.2. The summed E-state index contributed by atoms with van der Waals surface area (Å²) < 4.78 is 0. The maximum absolute atomic E-state index is 12.0. The van der Waals surface area contributed by atoms with Gasteiger partial charge >= 0.3 is 5.97 Å². The van der Waals surface area contributed by atoms with Crippen LogP contribution in [0.25, 0.3) is 5.57 Å². The minimum atomic E-state index is -1.02. The van der Waals surface area contributed by atoms with Gasteiger partial charge in [0.25, 0.3) is 0 Å². The number of hydrogen-bond donors (Lipinski definition) is 2. The third-order valence-electron chi connectivity index (χ3n) is 6.35. The Morgan fingerprint density at radius 2 is 1.31 bits per heavy atom. The molecule has 0 fully saturated rings. The smallest absolute Gasteiger partial charge is 0.335 e. The molecular formula is C29H40O3. The Hall–Kier alpha value is -2.55. The molecule has 2 aromatic rings. The summed E-state index contributed by atoms with van der Waals surface area (Å²) in [4.78, 5) is 12.0. The molecule has 0 bridgehead atoms. The van der Waals surface area contributed by atoms with Gasteiger partial charge in [0.15, 0.2) is 0 Å². The van der Waals surface area contributed by atoms with Gasteiger partial charge in [-0.1, -0.05) is 93.2 Å². The molecule has 3 nitrogen and oxygen atoms in total. The molecule has 2 aromatic carbocycles. The molecule has 0 aromatic heterocycles. The number of carboxylic acid groups (broad SMARTS) is 1. The lowest BCUT2D eigenvalue weighted by molar-refractivity contribution is -0.130. The van der Waals surface area contributed by atoms with Crippen LogP contribution in [0.5, 0.6) is 5.75 Å². The van der Waals surface area contributed by atoms with Crippen LogP contribution in [0, 0.1) is 0 Å². The summed E-state index contributed by atoms with van der Waals surface area (Å²) in [6.45, 7) is 22.8. The molecular weight excluding hydrogens is 396 g/mol. The van der Waals surface area contributed by atoms with Crippen molar-refractivity contribution >= 4 is 11.5 Å². The van der Waals surface area contributed by atoms with Crippen molar-refractivity contribution in [3.8, 4) is 5.75 Å². The number of carbonyl (C=O) groups is 1. The second-order valence-corrected chi connectivity index (χ2v) is 10.9. The van der Waals surface area contributed by atoms with Crippen LogP contribution < -0.4 is 0 Å². The quantitative estimate of drug-likeness (QED) is 0.465. The van der Waals surface area contributed by atoms with Crippen molar-refractivity contribution in [2.75, 3.05) is 0 Å². The highest BCUT2D eigenvalue weighted by Crippen LogP contribution is 2.43. The molecule has 1 unspecified atom stereocenters. The van der Waals surface area contributed by atoms with E-state index in [4.69, 9.17) is 0 Å². The predicted molar refractivity (Wildman–Crippen MR) is 135 cm³/mol. The number of aliphatic carboxylic acids is 1. The lowest BCUT2D eigenvalue weighted by Gasteiger charge is -2.30. The lowest BCUT2D eigenvalue weighted by atomic mass is 9.74. The first-order chi connectivity index (χ1) is 14.6. The Kier molecular flexibility index (Phi) is 7.34. The topological polar surface area (TPSA) is 57.5 Å². The third-order valence-corrected chi connectivity index (χ3v) is 6.35. The van der Waals surface area contributed by atoms with Crippen molar-refractivity contribution in [1.82, 2.24) is 0 Å². The van der Waals surface area contributed by atoms with Crippen molar-refractivity contribution in [3.63, 3.8) is 0 Å². The van der Waals surface area contributed by atoms with Crippen molar-refractivity contribution in [1.29, 1.82) is 0 Å². The number of aryl methyl sites for hydroxylation is 2. The predicted octanol–water partition coefficient (Wildman–Crippen LogP) is 7.36. The fourth-order valence-electron chi connectivity index (χ4n) is 4.30. The molecule has 2 N–H and O–H groups in total. The Balaban J connectivity index is 2.94. The Bertz CT molecular complexity index is 1030. The lowest BCUT2D eigenvalue weighted by Crippen LogP contribution is -2.19. The molecule has 0 aliphatic carbocycles. The van der Waals surface area contributed by atoms with Crippen LogP contribution in [0.1, 0.15) is 107 Å². The van der Waals surface area contributed by atoms with E-state index in [-0.39, 0.29) is 22.3 Å². The zero-order valence-electron chi connectivity index (χ0n) is 21.3. The molecule has 0 spiro atoms. The van der Waals surface area contributed by atoms with Crippen LogP contribution in [-0.2, 0) is 28.5 Å². The Morgan fingerprint density at radius 3 is 1.72 bits per heavy atom. The van der Waals surface area contributed by atoms with E-state index in [0.29, 0.717) is 11.3 Å². The summed E-state index contributed by atoms with van der Waals surface area (Å²) in [6.07, 6.45) is 1.71. The number of phenolic OH excluding ortho intramolecular Hbond substituents is 1. The van der Waals surface area contributed by atoms with Crippen LogP contribution in [0.4, 0.5) is 0 Å². The van der Waals surface area contributed by atoms with E-state index in [0.717, 1.165) is 46.2 Å². The van der Waals surface area contributed by atoms with Gasteiger partial charge in [-0.05, 0) is 57.1 Å². The summed E-state index contributed by atoms with van der Waals surface area (Å²) in [6, 6.07) is 8.37. The van der Waals surface area contributed by atoms with E-state index < -0.39 is 5.97 Å². The highest BCUT2D eigenvalue weighted by atomic mass is 16.4. The van der Waals surface area contributed by atoms with Gasteiger partial charge in [0.05, 0.1) is 5.57 Å². The molecule has 0 radical (unpaired) electrons. The fraction of sp³-hybridized carbons (Fsp3) is 0.483. The summed E-state index contributed by atoms with van der Waals surface area (Å²) in [7, 11) is 0. The number of aromatic hydroxyl groups is 1. The number of phenols is 1. The second kappa shape index (κ2) is 9.13. The second-order valence-electron chi connectivity index (χ2n) is 10.9. The highest BCUT2D eigenvalue weighted by Gasteiger charge is 2.30. The van der Waals surface area contributed by atoms with Crippen LogP contribution >= 0.6 is 0 Å². The number of hydrogen-bond acceptors (Lipinski definition) is 2. The average Bonchev–Trinajstić information content (AvgIpc) is 2.70. The first-order valence-electron chi connectivity index (χ1n) is 11.6. The molecule has 32 heavy (non-hydrogen) atoms. The van der Waals surface area contributed by atoms with E-state index >= 15 is 0 Å². The molecule has 0 saturated heterocycles. The van der Waals surface area contributed by atoms with Gasteiger partial charge in [-0.25, -0.2) is 4.79 Å².